The molecule has 1 atom stereocenters. The third kappa shape index (κ3) is 2.15. The lowest BCUT2D eigenvalue weighted by molar-refractivity contribution is 0.407. The Bertz CT molecular complexity index is 405. The Morgan fingerprint density at radius 2 is 2.19 bits per heavy atom. The van der Waals surface area contributed by atoms with E-state index in [1.165, 1.54) is 6.07 Å². The second-order valence-electron chi connectivity index (χ2n) is 4.09. The summed E-state index contributed by atoms with van der Waals surface area (Å²) in [5.74, 6) is -0.885. The average molecular weight is 290 g/mol. The molecule has 1 heterocycles. The second-order valence-corrected chi connectivity index (χ2v) is 4.88. The van der Waals surface area contributed by atoms with Crippen molar-refractivity contribution in [1.82, 2.24) is 5.32 Å². The van der Waals surface area contributed by atoms with E-state index < -0.39 is 11.6 Å². The number of rotatable bonds is 2. The van der Waals surface area contributed by atoms with Gasteiger partial charge in [0, 0.05) is 0 Å². The first-order valence-corrected chi connectivity index (χ1v) is 5.98. The molecule has 16 heavy (non-hydrogen) atoms. The molecule has 1 aromatic rings. The topological polar surface area (TPSA) is 52.5 Å². The van der Waals surface area contributed by atoms with Crippen molar-refractivity contribution in [3.8, 4) is 11.5 Å². The molecular weight excluding hydrogens is 277 g/mol. The van der Waals surface area contributed by atoms with Gasteiger partial charge in [-0.25, -0.2) is 4.39 Å². The van der Waals surface area contributed by atoms with Gasteiger partial charge in [-0.1, -0.05) is 0 Å². The van der Waals surface area contributed by atoms with Crippen LogP contribution < -0.4 is 5.32 Å². The van der Waals surface area contributed by atoms with Crippen LogP contribution in [0.3, 0.4) is 0 Å². The third-order valence-corrected chi connectivity index (χ3v) is 3.67. The molecule has 1 saturated heterocycles. The standard InChI is InChI=1S/C11H13BrFNO2/c12-9-10(15)7(4-8(13)11(9)16)3-6-1-2-14-5-6/h4,6,14-16H,1-3,5H2. The molecule has 1 fully saturated rings. The maximum atomic E-state index is 13.3. The molecule has 3 N–H and O–H groups in total. The fourth-order valence-corrected chi connectivity index (χ4v) is 2.45. The zero-order valence-corrected chi connectivity index (χ0v) is 10.2. The molecule has 0 bridgehead atoms. The minimum atomic E-state index is -0.703. The lowest BCUT2D eigenvalue weighted by Gasteiger charge is -2.12. The molecule has 0 spiro atoms. The number of hydrogen-bond acceptors (Lipinski definition) is 3. The smallest absolute Gasteiger partial charge is 0.169 e. The molecule has 0 saturated carbocycles. The highest BCUT2D eigenvalue weighted by Crippen LogP contribution is 2.39. The van der Waals surface area contributed by atoms with Gasteiger partial charge in [0.2, 0.25) is 0 Å². The average Bonchev–Trinajstić information content (AvgIpc) is 2.76. The van der Waals surface area contributed by atoms with Crippen molar-refractivity contribution in [2.75, 3.05) is 13.1 Å². The van der Waals surface area contributed by atoms with Crippen LogP contribution in [0.1, 0.15) is 12.0 Å². The van der Waals surface area contributed by atoms with Crippen LogP contribution in [-0.2, 0) is 6.42 Å². The van der Waals surface area contributed by atoms with Crippen molar-refractivity contribution in [2.24, 2.45) is 5.92 Å². The normalized spacial score (nSPS) is 20.2. The molecule has 3 nitrogen and oxygen atoms in total. The summed E-state index contributed by atoms with van der Waals surface area (Å²) in [7, 11) is 0. The lowest BCUT2D eigenvalue weighted by atomic mass is 9.98. The van der Waals surface area contributed by atoms with Gasteiger partial charge in [-0.2, -0.15) is 0 Å². The van der Waals surface area contributed by atoms with Gasteiger partial charge in [-0.15, -0.1) is 0 Å². The Balaban J connectivity index is 2.26. The monoisotopic (exact) mass is 289 g/mol. The van der Waals surface area contributed by atoms with Crippen LogP contribution in [0.25, 0.3) is 0 Å². The van der Waals surface area contributed by atoms with E-state index in [2.05, 4.69) is 21.2 Å². The SMILES string of the molecule is Oc1c(F)cc(CC2CCNC2)c(O)c1Br. The van der Waals surface area contributed by atoms with E-state index in [4.69, 9.17) is 0 Å². The Kier molecular flexibility index (Phi) is 3.35. The van der Waals surface area contributed by atoms with E-state index >= 15 is 0 Å². The number of nitrogens with one attached hydrogen (secondary N) is 1. The summed E-state index contributed by atoms with van der Waals surface area (Å²) in [6, 6.07) is 1.20. The molecule has 0 radical (unpaired) electrons. The van der Waals surface area contributed by atoms with Crippen LogP contribution in [0.15, 0.2) is 10.5 Å². The zero-order valence-electron chi connectivity index (χ0n) is 8.63. The highest BCUT2D eigenvalue weighted by Gasteiger charge is 2.20. The van der Waals surface area contributed by atoms with E-state index in [1.54, 1.807) is 0 Å². The number of halogens is 2. The van der Waals surface area contributed by atoms with Crippen molar-refractivity contribution >= 4 is 15.9 Å². The molecule has 1 aliphatic rings. The molecule has 88 valence electrons. The van der Waals surface area contributed by atoms with E-state index in [0.717, 1.165) is 19.5 Å². The van der Waals surface area contributed by atoms with E-state index in [-0.39, 0.29) is 10.2 Å². The second kappa shape index (κ2) is 4.59. The minimum absolute atomic E-state index is 0.0356. The number of hydrogen-bond donors (Lipinski definition) is 3. The zero-order chi connectivity index (χ0) is 11.7. The fraction of sp³-hybridized carbons (Fsp3) is 0.455. The largest absolute Gasteiger partial charge is 0.506 e. The number of phenolic OH excluding ortho intramolecular Hbond substituents is 2. The Hall–Kier alpha value is -0.810. The van der Waals surface area contributed by atoms with Crippen LogP contribution >= 0.6 is 15.9 Å². The van der Waals surface area contributed by atoms with E-state index in [0.29, 0.717) is 17.9 Å². The van der Waals surface area contributed by atoms with Gasteiger partial charge in [-0.05, 0) is 59.4 Å². The van der Waals surface area contributed by atoms with Gasteiger partial charge >= 0.3 is 0 Å². The van der Waals surface area contributed by atoms with Crippen LogP contribution in [0, 0.1) is 11.7 Å². The van der Waals surface area contributed by atoms with Gasteiger partial charge in [0.25, 0.3) is 0 Å². The van der Waals surface area contributed by atoms with Crippen molar-refractivity contribution in [3.05, 3.63) is 21.9 Å². The highest BCUT2D eigenvalue weighted by molar-refractivity contribution is 9.10. The summed E-state index contributed by atoms with van der Waals surface area (Å²) >= 11 is 2.97. The maximum absolute atomic E-state index is 13.3. The van der Waals surface area contributed by atoms with Crippen LogP contribution in [0.5, 0.6) is 11.5 Å². The summed E-state index contributed by atoms with van der Waals surface area (Å²) in [5.41, 5.74) is 0.538. The first kappa shape index (κ1) is 11.7. The van der Waals surface area contributed by atoms with Gasteiger partial charge in [0.1, 0.15) is 10.2 Å². The fourth-order valence-electron chi connectivity index (χ4n) is 2.00. The highest BCUT2D eigenvalue weighted by atomic mass is 79.9. The van der Waals surface area contributed by atoms with Gasteiger partial charge in [0.15, 0.2) is 11.6 Å². The minimum Gasteiger partial charge on any atom is -0.506 e. The van der Waals surface area contributed by atoms with E-state index in [9.17, 15) is 14.6 Å². The molecule has 5 heteroatoms. The summed E-state index contributed by atoms with van der Waals surface area (Å²) in [6.45, 7) is 1.85. The van der Waals surface area contributed by atoms with Crippen molar-refractivity contribution < 1.29 is 14.6 Å². The summed E-state index contributed by atoms with van der Waals surface area (Å²) in [5, 5.41) is 22.3. The molecule has 0 aromatic heterocycles. The molecule has 1 aromatic carbocycles. The third-order valence-electron chi connectivity index (χ3n) is 2.92. The number of aromatic hydroxyl groups is 2. The molecule has 1 aliphatic heterocycles. The van der Waals surface area contributed by atoms with Gasteiger partial charge in [-0.3, -0.25) is 0 Å². The quantitative estimate of drug-likeness (QED) is 0.782. The Labute approximate surface area is 101 Å². The van der Waals surface area contributed by atoms with Crippen LogP contribution in [0.4, 0.5) is 4.39 Å². The molecule has 1 unspecified atom stereocenters. The first-order valence-electron chi connectivity index (χ1n) is 5.19. The summed E-state index contributed by atoms with van der Waals surface area (Å²) in [6.07, 6.45) is 1.65. The Morgan fingerprint density at radius 1 is 1.44 bits per heavy atom. The maximum Gasteiger partial charge on any atom is 0.169 e. The van der Waals surface area contributed by atoms with Crippen LogP contribution in [-0.4, -0.2) is 23.3 Å². The van der Waals surface area contributed by atoms with Gasteiger partial charge < -0.3 is 15.5 Å². The molecule has 2 rings (SSSR count). The van der Waals surface area contributed by atoms with Crippen molar-refractivity contribution in [2.45, 2.75) is 12.8 Å². The molecule has 0 aliphatic carbocycles. The molecular formula is C11H13BrFNO2. The number of phenols is 2. The number of benzene rings is 1. The first-order chi connectivity index (χ1) is 7.59. The van der Waals surface area contributed by atoms with E-state index in [1.807, 2.05) is 0 Å². The summed E-state index contributed by atoms with van der Waals surface area (Å²) < 4.78 is 13.3. The predicted molar refractivity (Wildman–Crippen MR) is 62.1 cm³/mol. The summed E-state index contributed by atoms with van der Waals surface area (Å²) in [4.78, 5) is 0. The van der Waals surface area contributed by atoms with Crippen LogP contribution in [0.2, 0.25) is 0 Å². The van der Waals surface area contributed by atoms with Gasteiger partial charge in [0.05, 0.1) is 0 Å². The predicted octanol–water partition coefficient (Wildman–Crippen LogP) is 2.15. The van der Waals surface area contributed by atoms with Crippen molar-refractivity contribution in [3.63, 3.8) is 0 Å². The van der Waals surface area contributed by atoms with Crippen molar-refractivity contribution in [1.29, 1.82) is 0 Å². The lowest BCUT2D eigenvalue weighted by Crippen LogP contribution is -2.11. The molecule has 0 amide bonds. The Morgan fingerprint density at radius 3 is 2.81 bits per heavy atom.